The van der Waals surface area contributed by atoms with Gasteiger partial charge < -0.3 is 9.47 Å². The van der Waals surface area contributed by atoms with Gasteiger partial charge in [-0.1, -0.05) is 147 Å². The van der Waals surface area contributed by atoms with Crippen molar-refractivity contribution >= 4 is 0 Å². The van der Waals surface area contributed by atoms with E-state index in [0.29, 0.717) is 0 Å². The average molecular weight is 447 g/mol. The second-order valence-electron chi connectivity index (χ2n) is 9.52. The van der Waals surface area contributed by atoms with Gasteiger partial charge in [-0.05, 0) is 18.4 Å². The predicted molar refractivity (Wildman–Crippen MR) is 140 cm³/mol. The van der Waals surface area contributed by atoms with Gasteiger partial charge in [0.2, 0.25) is 0 Å². The number of benzene rings is 1. The maximum Gasteiger partial charge on any atom is 0.161 e. The van der Waals surface area contributed by atoms with Gasteiger partial charge in [-0.15, -0.1) is 0 Å². The summed E-state index contributed by atoms with van der Waals surface area (Å²) in [6, 6.07) is 10.6. The lowest BCUT2D eigenvalue weighted by Gasteiger charge is -2.19. The maximum absolute atomic E-state index is 6.17. The van der Waals surface area contributed by atoms with Crippen molar-refractivity contribution in [3.05, 3.63) is 35.9 Å². The lowest BCUT2D eigenvalue weighted by atomic mass is 10.1. The number of ether oxygens (including phenoxy) is 2. The molecule has 1 aromatic carbocycles. The Morgan fingerprint density at radius 3 is 1.28 bits per heavy atom. The number of unbranched alkanes of at least 4 members (excludes halogenated alkanes) is 16. The summed E-state index contributed by atoms with van der Waals surface area (Å²) in [5.74, 6) is 0. The number of hydrogen-bond donors (Lipinski definition) is 0. The quantitative estimate of drug-likeness (QED) is 0.116. The fourth-order valence-corrected chi connectivity index (χ4v) is 4.23. The summed E-state index contributed by atoms with van der Waals surface area (Å²) in [5.41, 5.74) is 1.30. The van der Waals surface area contributed by atoms with E-state index in [1.807, 2.05) is 0 Å². The van der Waals surface area contributed by atoms with Crippen LogP contribution in [-0.4, -0.2) is 19.5 Å². The molecule has 0 atom stereocenters. The first-order valence-electron chi connectivity index (χ1n) is 14.1. The van der Waals surface area contributed by atoms with Crippen LogP contribution in [0, 0.1) is 0 Å². The lowest BCUT2D eigenvalue weighted by molar-refractivity contribution is -0.142. The Balaban J connectivity index is 2.11. The smallest absolute Gasteiger partial charge is 0.161 e. The van der Waals surface area contributed by atoms with Crippen molar-refractivity contribution in [3.63, 3.8) is 0 Å². The highest BCUT2D eigenvalue weighted by molar-refractivity contribution is 5.15. The lowest BCUT2D eigenvalue weighted by Crippen LogP contribution is -2.21. The summed E-state index contributed by atoms with van der Waals surface area (Å²) in [6.07, 6.45) is 25.0. The minimum absolute atomic E-state index is 0.0968. The van der Waals surface area contributed by atoms with Crippen molar-refractivity contribution in [1.29, 1.82) is 0 Å². The van der Waals surface area contributed by atoms with Gasteiger partial charge in [-0.3, -0.25) is 0 Å². The molecule has 0 fully saturated rings. The molecule has 0 aromatic heterocycles. The molecule has 2 nitrogen and oxygen atoms in total. The molecule has 0 aliphatic rings. The molecule has 32 heavy (non-hydrogen) atoms. The van der Waals surface area contributed by atoms with Crippen LogP contribution in [0.5, 0.6) is 0 Å². The molecule has 0 saturated carbocycles. The van der Waals surface area contributed by atoms with E-state index < -0.39 is 0 Å². The molecule has 0 N–H and O–H groups in total. The monoisotopic (exact) mass is 446 g/mol. The fourth-order valence-electron chi connectivity index (χ4n) is 4.23. The molecule has 0 unspecified atom stereocenters. The van der Waals surface area contributed by atoms with Crippen LogP contribution in [0.1, 0.15) is 135 Å². The van der Waals surface area contributed by atoms with Gasteiger partial charge in [0.1, 0.15) is 0 Å². The van der Waals surface area contributed by atoms with E-state index in [9.17, 15) is 0 Å². The molecule has 0 aliphatic carbocycles. The third kappa shape index (κ3) is 18.7. The van der Waals surface area contributed by atoms with E-state index in [1.165, 1.54) is 108 Å². The molecule has 0 saturated heterocycles. The highest BCUT2D eigenvalue weighted by Crippen LogP contribution is 2.13. The first-order valence-corrected chi connectivity index (χ1v) is 14.1. The first kappa shape index (κ1) is 29.2. The zero-order chi connectivity index (χ0) is 23.0. The molecule has 1 rings (SSSR count). The Labute approximate surface area is 200 Å². The Hall–Kier alpha value is -0.860. The SMILES string of the molecule is CCCCCCCCCCCOC(Cc1ccccc1)OCCCCCCCCCCC. The molecule has 0 amide bonds. The van der Waals surface area contributed by atoms with E-state index in [2.05, 4.69) is 44.2 Å². The number of hydrogen-bond acceptors (Lipinski definition) is 2. The third-order valence-corrected chi connectivity index (χ3v) is 6.35. The molecule has 0 spiro atoms. The van der Waals surface area contributed by atoms with E-state index in [-0.39, 0.29) is 6.29 Å². The summed E-state index contributed by atoms with van der Waals surface area (Å²) in [4.78, 5) is 0. The van der Waals surface area contributed by atoms with Crippen molar-refractivity contribution in [2.45, 2.75) is 142 Å². The molecule has 186 valence electrons. The van der Waals surface area contributed by atoms with Crippen LogP contribution >= 0.6 is 0 Å². The van der Waals surface area contributed by atoms with Crippen LogP contribution in [0.4, 0.5) is 0 Å². The minimum atomic E-state index is -0.0968. The minimum Gasteiger partial charge on any atom is -0.352 e. The van der Waals surface area contributed by atoms with Crippen LogP contribution in [0.25, 0.3) is 0 Å². The number of rotatable bonds is 24. The maximum atomic E-state index is 6.17. The Morgan fingerprint density at radius 1 is 0.500 bits per heavy atom. The van der Waals surface area contributed by atoms with Gasteiger partial charge >= 0.3 is 0 Å². The second kappa shape index (κ2) is 23.3. The van der Waals surface area contributed by atoms with E-state index in [1.54, 1.807) is 0 Å². The summed E-state index contributed by atoms with van der Waals surface area (Å²) < 4.78 is 12.3. The summed E-state index contributed by atoms with van der Waals surface area (Å²) in [5, 5.41) is 0. The average Bonchev–Trinajstić information content (AvgIpc) is 2.82. The Bertz CT molecular complexity index is 449. The molecular formula is C30H54O2. The molecule has 2 heteroatoms. The van der Waals surface area contributed by atoms with E-state index in [4.69, 9.17) is 9.47 Å². The fraction of sp³-hybridized carbons (Fsp3) is 0.800. The zero-order valence-corrected chi connectivity index (χ0v) is 21.6. The summed E-state index contributed by atoms with van der Waals surface area (Å²) in [6.45, 7) is 6.21. The molecule has 1 aromatic rings. The molecular weight excluding hydrogens is 392 g/mol. The molecule has 0 radical (unpaired) electrons. The normalized spacial score (nSPS) is 11.5. The molecule has 0 heterocycles. The van der Waals surface area contributed by atoms with Crippen molar-refractivity contribution in [2.75, 3.05) is 13.2 Å². The third-order valence-electron chi connectivity index (χ3n) is 6.35. The van der Waals surface area contributed by atoms with Crippen LogP contribution in [0.2, 0.25) is 0 Å². The highest BCUT2D eigenvalue weighted by atomic mass is 16.7. The van der Waals surface area contributed by atoms with Gasteiger partial charge in [0.15, 0.2) is 6.29 Å². The Kier molecular flexibility index (Phi) is 21.2. The van der Waals surface area contributed by atoms with Gasteiger partial charge in [-0.25, -0.2) is 0 Å². The van der Waals surface area contributed by atoms with Crippen molar-refractivity contribution in [1.82, 2.24) is 0 Å². The largest absolute Gasteiger partial charge is 0.352 e. The predicted octanol–water partition coefficient (Wildman–Crippen LogP) is 9.65. The van der Waals surface area contributed by atoms with Gasteiger partial charge in [0, 0.05) is 19.6 Å². The van der Waals surface area contributed by atoms with Crippen molar-refractivity contribution in [3.8, 4) is 0 Å². The van der Waals surface area contributed by atoms with Crippen LogP contribution in [0.15, 0.2) is 30.3 Å². The van der Waals surface area contributed by atoms with Crippen molar-refractivity contribution < 1.29 is 9.47 Å². The van der Waals surface area contributed by atoms with Crippen LogP contribution in [0.3, 0.4) is 0 Å². The highest BCUT2D eigenvalue weighted by Gasteiger charge is 2.10. The van der Waals surface area contributed by atoms with E-state index in [0.717, 1.165) is 32.5 Å². The topological polar surface area (TPSA) is 18.5 Å². The van der Waals surface area contributed by atoms with Crippen molar-refractivity contribution in [2.24, 2.45) is 0 Å². The van der Waals surface area contributed by atoms with Gasteiger partial charge in [-0.2, -0.15) is 0 Å². The van der Waals surface area contributed by atoms with E-state index >= 15 is 0 Å². The molecule has 0 bridgehead atoms. The summed E-state index contributed by atoms with van der Waals surface area (Å²) in [7, 11) is 0. The van der Waals surface area contributed by atoms with Crippen LogP contribution < -0.4 is 0 Å². The zero-order valence-electron chi connectivity index (χ0n) is 21.6. The molecule has 0 aliphatic heterocycles. The first-order chi connectivity index (χ1) is 15.9. The Morgan fingerprint density at radius 2 is 0.875 bits per heavy atom. The van der Waals surface area contributed by atoms with Crippen LogP contribution in [-0.2, 0) is 15.9 Å². The standard InChI is InChI=1S/C30H54O2/c1-3-5-7-9-11-13-15-17-22-26-31-30(28-29-24-20-19-21-25-29)32-27-23-18-16-14-12-10-8-6-4-2/h19-21,24-25,30H,3-18,22-23,26-28H2,1-2H3. The second-order valence-corrected chi connectivity index (χ2v) is 9.52. The van der Waals surface area contributed by atoms with Gasteiger partial charge in [0.25, 0.3) is 0 Å². The summed E-state index contributed by atoms with van der Waals surface area (Å²) >= 11 is 0. The van der Waals surface area contributed by atoms with Gasteiger partial charge in [0.05, 0.1) is 0 Å².